The molecule has 10 nitrogen and oxygen atoms in total. The highest BCUT2D eigenvalue weighted by Gasteiger charge is 2.46. The summed E-state index contributed by atoms with van der Waals surface area (Å²) < 4.78 is 11.4. The molecule has 1 saturated heterocycles. The van der Waals surface area contributed by atoms with Crippen LogP contribution in [0.1, 0.15) is 27.7 Å². The number of aliphatic hydroxyl groups excluding tert-OH is 3. The zero-order valence-corrected chi connectivity index (χ0v) is 19.3. The van der Waals surface area contributed by atoms with Crippen LogP contribution in [0, 0.1) is 0 Å². The standard InChI is InChI=1S/C16H28N4O6S3/c1-6(7(17)11-9(22)8(21)10(23)12(25-11)27-5)28-15-20-19-13(29-15)18-14(24)26-16(2,3)4/h6-12,21-23H,17H2,1-5H3,(H,18,19,24)/t6-,7+,8-,9+,10+,11+,12+/m0/s1. The molecule has 2 heterocycles. The van der Waals surface area contributed by atoms with Gasteiger partial charge < -0.3 is 30.5 Å². The van der Waals surface area contributed by atoms with E-state index in [4.69, 9.17) is 15.2 Å². The zero-order valence-electron chi connectivity index (χ0n) is 16.8. The molecule has 0 unspecified atom stereocenters. The molecule has 0 aromatic carbocycles. The van der Waals surface area contributed by atoms with Gasteiger partial charge in [-0.05, 0) is 27.0 Å². The lowest BCUT2D eigenvalue weighted by Crippen LogP contribution is -2.62. The third kappa shape index (κ3) is 6.66. The minimum absolute atomic E-state index is 0.262. The molecular weight excluding hydrogens is 440 g/mol. The van der Waals surface area contributed by atoms with Crippen LogP contribution in [0.15, 0.2) is 4.34 Å². The van der Waals surface area contributed by atoms with Crippen molar-refractivity contribution in [3.8, 4) is 0 Å². The van der Waals surface area contributed by atoms with Crippen molar-refractivity contribution < 1.29 is 29.6 Å². The second-order valence-electron chi connectivity index (χ2n) is 7.58. The number of ether oxygens (including phenoxy) is 2. The van der Waals surface area contributed by atoms with Gasteiger partial charge in [0.05, 0.1) is 0 Å². The Bertz CT molecular complexity index is 686. The van der Waals surface area contributed by atoms with Gasteiger partial charge in [0.2, 0.25) is 5.13 Å². The number of nitrogens with zero attached hydrogens (tertiary/aromatic N) is 2. The predicted molar refractivity (Wildman–Crippen MR) is 113 cm³/mol. The molecule has 1 fully saturated rings. The summed E-state index contributed by atoms with van der Waals surface area (Å²) in [5.41, 5.74) is 4.96. The predicted octanol–water partition coefficient (Wildman–Crippen LogP) is 0.864. The van der Waals surface area contributed by atoms with E-state index in [2.05, 4.69) is 15.5 Å². The summed E-state index contributed by atoms with van der Waals surface area (Å²) in [7, 11) is 0. The number of aliphatic hydroxyl groups is 3. The second kappa shape index (κ2) is 10.1. The van der Waals surface area contributed by atoms with Crippen LogP contribution in [0.4, 0.5) is 9.93 Å². The van der Waals surface area contributed by atoms with Gasteiger partial charge in [0.25, 0.3) is 0 Å². The summed E-state index contributed by atoms with van der Waals surface area (Å²) in [6.45, 7) is 7.11. The van der Waals surface area contributed by atoms with Crippen molar-refractivity contribution in [1.29, 1.82) is 0 Å². The molecule has 1 aliphatic heterocycles. The third-order valence-electron chi connectivity index (χ3n) is 4.06. The number of aromatic nitrogens is 2. The number of nitrogens with one attached hydrogen (secondary N) is 1. The van der Waals surface area contributed by atoms with Crippen LogP contribution < -0.4 is 11.1 Å². The SMILES string of the molecule is CS[C@H]1O[C@H]([C@H](N)[C@H](C)Sc2nnc(NC(=O)OC(C)(C)C)s2)[C@H](O)[C@H](O)[C@H]1O. The molecular formula is C16H28N4O6S3. The van der Waals surface area contributed by atoms with Gasteiger partial charge in [-0.1, -0.05) is 30.0 Å². The molecule has 166 valence electrons. The summed E-state index contributed by atoms with van der Waals surface area (Å²) >= 11 is 3.70. The molecule has 7 atom stereocenters. The molecule has 0 spiro atoms. The van der Waals surface area contributed by atoms with Gasteiger partial charge in [-0.2, -0.15) is 0 Å². The normalized spacial score (nSPS) is 29.9. The average Bonchev–Trinajstić information content (AvgIpc) is 3.04. The van der Waals surface area contributed by atoms with Crippen LogP contribution in [0.5, 0.6) is 0 Å². The highest BCUT2D eigenvalue weighted by molar-refractivity contribution is 8.01. The summed E-state index contributed by atoms with van der Waals surface area (Å²) in [5.74, 6) is 0. The second-order valence-corrected chi connectivity index (χ2v) is 11.1. The molecule has 13 heteroatoms. The van der Waals surface area contributed by atoms with E-state index in [-0.39, 0.29) is 10.4 Å². The van der Waals surface area contributed by atoms with E-state index in [9.17, 15) is 20.1 Å². The minimum atomic E-state index is -1.35. The van der Waals surface area contributed by atoms with Crippen LogP contribution in [-0.4, -0.2) is 84.6 Å². The van der Waals surface area contributed by atoms with Crippen molar-refractivity contribution in [2.75, 3.05) is 11.6 Å². The summed E-state index contributed by atoms with van der Waals surface area (Å²) in [6.07, 6.45) is -3.61. The lowest BCUT2D eigenvalue weighted by Gasteiger charge is -2.43. The maximum absolute atomic E-state index is 11.8. The Kier molecular flexibility index (Phi) is 8.56. The van der Waals surface area contributed by atoms with E-state index in [1.54, 1.807) is 27.0 Å². The van der Waals surface area contributed by atoms with E-state index < -0.39 is 47.6 Å². The van der Waals surface area contributed by atoms with Crippen molar-refractivity contribution in [3.05, 3.63) is 0 Å². The first kappa shape index (κ1) is 24.6. The van der Waals surface area contributed by atoms with Crippen LogP contribution in [0.25, 0.3) is 0 Å². The van der Waals surface area contributed by atoms with Crippen molar-refractivity contribution in [1.82, 2.24) is 10.2 Å². The van der Waals surface area contributed by atoms with Gasteiger partial charge in [0, 0.05) is 11.3 Å². The first-order chi connectivity index (χ1) is 13.4. The molecule has 0 bridgehead atoms. The highest BCUT2D eigenvalue weighted by Crippen LogP contribution is 2.34. The molecule has 1 aromatic heterocycles. The number of anilines is 1. The molecule has 29 heavy (non-hydrogen) atoms. The number of thioether (sulfide) groups is 2. The maximum atomic E-state index is 11.8. The summed E-state index contributed by atoms with van der Waals surface area (Å²) in [5, 5.41) is 40.8. The zero-order chi connectivity index (χ0) is 21.9. The molecule has 0 radical (unpaired) electrons. The fourth-order valence-corrected chi connectivity index (χ4v) is 5.34. The van der Waals surface area contributed by atoms with Crippen molar-refractivity contribution >= 4 is 46.1 Å². The fraction of sp³-hybridized carbons (Fsp3) is 0.812. The smallest absolute Gasteiger partial charge is 0.414 e. The van der Waals surface area contributed by atoms with Gasteiger partial charge in [-0.3, -0.25) is 5.32 Å². The number of hydrogen-bond acceptors (Lipinski definition) is 12. The van der Waals surface area contributed by atoms with Gasteiger partial charge >= 0.3 is 6.09 Å². The number of amides is 1. The van der Waals surface area contributed by atoms with E-state index in [0.717, 1.165) is 11.3 Å². The third-order valence-corrected chi connectivity index (χ3v) is 7.06. The van der Waals surface area contributed by atoms with Crippen molar-refractivity contribution in [2.45, 2.75) is 78.8 Å². The van der Waals surface area contributed by atoms with E-state index in [0.29, 0.717) is 4.34 Å². The number of carbonyl (C=O) groups excluding carboxylic acids is 1. The Morgan fingerprint density at radius 1 is 1.28 bits per heavy atom. The Labute approximate surface area is 181 Å². The quantitative estimate of drug-likeness (QED) is 0.297. The van der Waals surface area contributed by atoms with Gasteiger partial charge in [0.1, 0.15) is 35.5 Å². The first-order valence-corrected chi connectivity index (χ1v) is 11.9. The lowest BCUT2D eigenvalue weighted by molar-refractivity contribution is -0.202. The van der Waals surface area contributed by atoms with E-state index in [1.165, 1.54) is 23.5 Å². The largest absolute Gasteiger partial charge is 0.444 e. The van der Waals surface area contributed by atoms with Crippen molar-refractivity contribution in [2.24, 2.45) is 5.73 Å². The maximum Gasteiger partial charge on any atom is 0.414 e. The molecule has 1 amide bonds. The molecule has 1 aliphatic rings. The Balaban J connectivity index is 1.97. The molecule has 2 rings (SSSR count). The fourth-order valence-electron chi connectivity index (χ4n) is 2.59. The topological polar surface area (TPSA) is 160 Å². The monoisotopic (exact) mass is 468 g/mol. The molecule has 0 saturated carbocycles. The van der Waals surface area contributed by atoms with Gasteiger partial charge in [-0.25, -0.2) is 4.79 Å². The molecule has 0 aliphatic carbocycles. The first-order valence-electron chi connectivity index (χ1n) is 8.91. The van der Waals surface area contributed by atoms with Gasteiger partial charge in [0.15, 0.2) is 4.34 Å². The van der Waals surface area contributed by atoms with Crippen LogP contribution in [0.3, 0.4) is 0 Å². The lowest BCUT2D eigenvalue weighted by atomic mass is 9.94. The Hall–Kier alpha value is -0.670. The number of carbonyl (C=O) groups is 1. The minimum Gasteiger partial charge on any atom is -0.444 e. The van der Waals surface area contributed by atoms with Crippen molar-refractivity contribution in [3.63, 3.8) is 0 Å². The van der Waals surface area contributed by atoms with Gasteiger partial charge in [-0.15, -0.1) is 22.0 Å². The Morgan fingerprint density at radius 3 is 2.52 bits per heavy atom. The van der Waals surface area contributed by atoms with Crippen LogP contribution in [-0.2, 0) is 9.47 Å². The summed E-state index contributed by atoms with van der Waals surface area (Å²) in [4.78, 5) is 11.8. The van der Waals surface area contributed by atoms with E-state index in [1.807, 2.05) is 6.92 Å². The van der Waals surface area contributed by atoms with Crippen LogP contribution >= 0.6 is 34.9 Å². The molecule has 1 aromatic rings. The number of rotatable bonds is 6. The summed E-state index contributed by atoms with van der Waals surface area (Å²) in [6, 6.07) is -0.655. The highest BCUT2D eigenvalue weighted by atomic mass is 32.2. The number of hydrogen-bond donors (Lipinski definition) is 5. The average molecular weight is 469 g/mol. The Morgan fingerprint density at radius 2 is 1.93 bits per heavy atom. The van der Waals surface area contributed by atoms with E-state index >= 15 is 0 Å². The molecule has 6 N–H and O–H groups in total. The van der Waals surface area contributed by atoms with Crippen LogP contribution in [0.2, 0.25) is 0 Å². The number of nitrogens with two attached hydrogens (primary N) is 1.